The number of carbonyl (C=O) groups is 5. The first-order valence-electron chi connectivity index (χ1n) is 14.6. The molecule has 2 saturated carbocycles. The molecule has 0 aromatic rings. The normalized spacial score (nSPS) is 47.4. The Kier molecular flexibility index (Phi) is 5.62. The summed E-state index contributed by atoms with van der Waals surface area (Å²) in [4.78, 5) is 67.7. The second-order valence-electron chi connectivity index (χ2n) is 13.7. The first-order chi connectivity index (χ1) is 19.8. The van der Waals surface area contributed by atoms with E-state index in [2.05, 4.69) is 13.2 Å². The van der Waals surface area contributed by atoms with Gasteiger partial charge in [0.25, 0.3) is 0 Å². The number of hydrogen-bond acceptors (Lipinski definition) is 11. The predicted octanol–water partition coefficient (Wildman–Crippen LogP) is 3.19. The van der Waals surface area contributed by atoms with Gasteiger partial charge in [0.1, 0.15) is 28.8 Å². The van der Waals surface area contributed by atoms with E-state index in [1.807, 2.05) is 0 Å². The van der Waals surface area contributed by atoms with Gasteiger partial charge in [0.15, 0.2) is 11.7 Å². The maximum absolute atomic E-state index is 14.4. The standard InChI is InChI=1S/C32H38O11/c1-11-15(2)22(35)40-20-14-29(13-12-21(34)41-26(29,7)8)17(4)31-23(39-19(6)33)27(9)16(3)30(28(20,31)10)24(36)38-18(5)32(30,43-31)25(37)42-27/h11,18,20,23H,3-4,12-14H2,1-2,5-10H3/b15-11+/t18-,20+,23-,27+,28-,29+,30+,31+,32-/m1/s1. The van der Waals surface area contributed by atoms with Gasteiger partial charge in [0.2, 0.25) is 5.60 Å². The number of cyclic esters (lactones) is 2. The molecule has 0 N–H and O–H groups in total. The quantitative estimate of drug-likeness (QED) is 0.205. The average Bonchev–Trinajstić information content (AvgIpc) is 3.23. The van der Waals surface area contributed by atoms with Crippen molar-refractivity contribution in [1.82, 2.24) is 0 Å². The molecule has 6 aliphatic rings. The lowest BCUT2D eigenvalue weighted by molar-refractivity contribution is -0.272. The molecular weight excluding hydrogens is 560 g/mol. The first kappa shape index (κ1) is 29.6. The molecule has 0 aromatic heterocycles. The summed E-state index contributed by atoms with van der Waals surface area (Å²) in [6, 6.07) is 0. The zero-order valence-electron chi connectivity index (χ0n) is 25.8. The lowest BCUT2D eigenvalue weighted by atomic mass is 9.34. The minimum atomic E-state index is -2.07. The third kappa shape index (κ3) is 2.72. The smallest absolute Gasteiger partial charge is 0.345 e. The third-order valence-electron chi connectivity index (χ3n) is 11.9. The topological polar surface area (TPSA) is 141 Å². The number of carbonyl (C=O) groups excluding carboxylic acids is 5. The molecule has 43 heavy (non-hydrogen) atoms. The van der Waals surface area contributed by atoms with Gasteiger partial charge in [-0.15, -0.1) is 0 Å². The Hall–Kier alpha value is -3.47. The monoisotopic (exact) mass is 598 g/mol. The molecule has 0 radical (unpaired) electrons. The van der Waals surface area contributed by atoms with E-state index in [1.54, 1.807) is 40.7 Å². The van der Waals surface area contributed by atoms with Gasteiger partial charge in [0, 0.05) is 24.3 Å². The van der Waals surface area contributed by atoms with Crippen molar-refractivity contribution in [1.29, 1.82) is 0 Å². The van der Waals surface area contributed by atoms with Gasteiger partial charge in [-0.25, -0.2) is 9.59 Å². The summed E-state index contributed by atoms with van der Waals surface area (Å²) in [5, 5.41) is 0. The molecular formula is C32H38O11. The molecule has 9 atom stereocenters. The zero-order valence-corrected chi connectivity index (χ0v) is 25.8. The summed E-state index contributed by atoms with van der Waals surface area (Å²) >= 11 is 0. The summed E-state index contributed by atoms with van der Waals surface area (Å²) in [5.41, 5.74) is -10.8. The molecule has 4 saturated heterocycles. The van der Waals surface area contributed by atoms with E-state index in [0.29, 0.717) is 11.1 Å². The van der Waals surface area contributed by atoms with Crippen LogP contribution in [-0.2, 0) is 52.4 Å². The zero-order chi connectivity index (χ0) is 31.9. The Morgan fingerprint density at radius 1 is 0.953 bits per heavy atom. The van der Waals surface area contributed by atoms with Gasteiger partial charge < -0.3 is 28.4 Å². The number of fused-ring (bicyclic) bond motifs is 1. The Balaban J connectivity index is 1.76. The highest BCUT2D eigenvalue weighted by Gasteiger charge is 3.01. The van der Waals surface area contributed by atoms with Crippen molar-refractivity contribution in [3.05, 3.63) is 36.0 Å². The van der Waals surface area contributed by atoms with Crippen LogP contribution in [0, 0.1) is 16.2 Å². The summed E-state index contributed by atoms with van der Waals surface area (Å²) in [5.74, 6) is -3.43. The fourth-order valence-electron chi connectivity index (χ4n) is 9.62. The van der Waals surface area contributed by atoms with Gasteiger partial charge in [0.05, 0.1) is 5.41 Å². The van der Waals surface area contributed by atoms with E-state index in [-0.39, 0.29) is 24.8 Å². The van der Waals surface area contributed by atoms with Crippen LogP contribution in [0.4, 0.5) is 0 Å². The van der Waals surface area contributed by atoms with Crippen LogP contribution in [0.5, 0.6) is 0 Å². The minimum Gasteiger partial charge on any atom is -0.459 e. The van der Waals surface area contributed by atoms with Crippen molar-refractivity contribution >= 4 is 29.8 Å². The van der Waals surface area contributed by atoms with Crippen molar-refractivity contribution in [2.45, 2.75) is 115 Å². The van der Waals surface area contributed by atoms with Crippen molar-refractivity contribution in [2.75, 3.05) is 0 Å². The van der Waals surface area contributed by atoms with E-state index in [1.165, 1.54) is 20.8 Å². The summed E-state index contributed by atoms with van der Waals surface area (Å²) in [6.07, 6.45) is -1.81. The second-order valence-corrected chi connectivity index (χ2v) is 13.7. The van der Waals surface area contributed by atoms with Crippen LogP contribution in [0.25, 0.3) is 0 Å². The molecule has 0 aromatic carbocycles. The van der Waals surface area contributed by atoms with Crippen LogP contribution in [0.3, 0.4) is 0 Å². The lowest BCUT2D eigenvalue weighted by Crippen LogP contribution is -2.82. The molecule has 2 spiro atoms. The first-order valence-corrected chi connectivity index (χ1v) is 14.6. The molecule has 11 heteroatoms. The molecule has 0 amide bonds. The van der Waals surface area contributed by atoms with Gasteiger partial charge in [-0.3, -0.25) is 14.4 Å². The predicted molar refractivity (Wildman–Crippen MR) is 147 cm³/mol. The van der Waals surface area contributed by atoms with Gasteiger partial charge in [-0.2, -0.15) is 0 Å². The molecule has 11 nitrogen and oxygen atoms in total. The number of esters is 5. The molecule has 232 valence electrons. The molecule has 2 aliphatic carbocycles. The highest BCUT2D eigenvalue weighted by atomic mass is 16.7. The van der Waals surface area contributed by atoms with E-state index >= 15 is 0 Å². The van der Waals surface area contributed by atoms with Crippen molar-refractivity contribution in [3.8, 4) is 0 Å². The SMILES string of the molecule is C=C1[C@@]23C(=O)O[C@H](C)[C@]24O[C@@]2(C(=C)[C@]5(CCC(=O)OC5(C)C)C[C@H](OC(=O)/C(C)=C/C)[C@]32C)[C@H](OC(C)=O)[C@@]1(C)OC4=O. The number of hydrogen-bond donors (Lipinski definition) is 0. The number of ether oxygens (including phenoxy) is 6. The molecule has 6 rings (SSSR count). The number of allylic oxidation sites excluding steroid dienone is 1. The van der Waals surface area contributed by atoms with Crippen molar-refractivity contribution < 1.29 is 52.4 Å². The van der Waals surface area contributed by atoms with Crippen LogP contribution < -0.4 is 0 Å². The van der Waals surface area contributed by atoms with Crippen molar-refractivity contribution in [3.63, 3.8) is 0 Å². The van der Waals surface area contributed by atoms with Gasteiger partial charge in [-0.05, 0) is 65.5 Å². The van der Waals surface area contributed by atoms with E-state index in [0.717, 1.165) is 0 Å². The lowest BCUT2D eigenvalue weighted by Gasteiger charge is -2.69. The molecule has 0 unspecified atom stereocenters. The highest BCUT2D eigenvalue weighted by Crippen LogP contribution is 2.85. The highest BCUT2D eigenvalue weighted by molar-refractivity contribution is 6.03. The Morgan fingerprint density at radius 2 is 1.60 bits per heavy atom. The van der Waals surface area contributed by atoms with Crippen LogP contribution in [0.2, 0.25) is 0 Å². The minimum absolute atomic E-state index is 0.0240. The fraction of sp³-hybridized carbons (Fsp3) is 0.656. The maximum atomic E-state index is 14.4. The molecule has 4 heterocycles. The average molecular weight is 599 g/mol. The summed E-state index contributed by atoms with van der Waals surface area (Å²) in [6.45, 7) is 21.6. The fourth-order valence-corrected chi connectivity index (χ4v) is 9.62. The Bertz CT molecular complexity index is 1490. The molecule has 6 fully saturated rings. The Morgan fingerprint density at radius 3 is 2.19 bits per heavy atom. The van der Waals surface area contributed by atoms with Gasteiger partial charge in [-0.1, -0.05) is 26.2 Å². The van der Waals surface area contributed by atoms with Crippen molar-refractivity contribution in [2.24, 2.45) is 16.2 Å². The van der Waals surface area contributed by atoms with Crippen LogP contribution in [-0.4, -0.2) is 70.6 Å². The number of rotatable bonds is 3. The van der Waals surface area contributed by atoms with Crippen LogP contribution in [0.15, 0.2) is 36.0 Å². The molecule has 3 bridgehead atoms. The van der Waals surface area contributed by atoms with Crippen LogP contribution in [0.1, 0.15) is 74.7 Å². The second kappa shape index (κ2) is 8.16. The largest absolute Gasteiger partial charge is 0.459 e. The van der Waals surface area contributed by atoms with E-state index in [9.17, 15) is 24.0 Å². The van der Waals surface area contributed by atoms with Gasteiger partial charge >= 0.3 is 29.8 Å². The maximum Gasteiger partial charge on any atom is 0.345 e. The Labute approximate surface area is 249 Å². The summed E-state index contributed by atoms with van der Waals surface area (Å²) in [7, 11) is 0. The van der Waals surface area contributed by atoms with Crippen LogP contribution >= 0.6 is 0 Å². The van der Waals surface area contributed by atoms with E-state index < -0.39 is 86.8 Å². The summed E-state index contributed by atoms with van der Waals surface area (Å²) < 4.78 is 37.3. The van der Waals surface area contributed by atoms with E-state index in [4.69, 9.17) is 28.4 Å². The molecule has 4 aliphatic heterocycles. The third-order valence-corrected chi connectivity index (χ3v) is 11.9.